The number of aromatic nitrogens is 1. The zero-order chi connectivity index (χ0) is 58.4. The third-order valence-electron chi connectivity index (χ3n) is 17.9. The number of furan rings is 1. The van der Waals surface area contributed by atoms with Gasteiger partial charge in [-0.3, -0.25) is 0 Å². The van der Waals surface area contributed by atoms with Gasteiger partial charge in [0, 0.05) is 61.0 Å². The number of anilines is 6. The smallest absolute Gasteiger partial charge is 0.252 e. The number of nitrogens with zero attached hydrogens (tertiary/aromatic N) is 3. The van der Waals surface area contributed by atoms with Gasteiger partial charge in [-0.2, -0.15) is 0 Å². The second kappa shape index (κ2) is 19.0. The zero-order valence-electron chi connectivity index (χ0n) is 51.1. The molecule has 0 atom stereocenters. The van der Waals surface area contributed by atoms with Gasteiger partial charge in [0.25, 0.3) is 6.71 Å². The van der Waals surface area contributed by atoms with E-state index in [1.54, 1.807) is 0 Å². The van der Waals surface area contributed by atoms with Gasteiger partial charge in [-0.25, -0.2) is 0 Å². The number of para-hydroxylation sites is 3. The lowest BCUT2D eigenvalue weighted by Gasteiger charge is -2.46. The lowest BCUT2D eigenvalue weighted by molar-refractivity contribution is 0.573. The van der Waals surface area contributed by atoms with Crippen LogP contribution in [0.2, 0.25) is 0 Å². The molecule has 11 aromatic rings. The van der Waals surface area contributed by atoms with E-state index in [9.17, 15) is 0 Å². The summed E-state index contributed by atoms with van der Waals surface area (Å²) in [4.78, 5) is 5.30. The lowest BCUT2D eigenvalue weighted by atomic mass is 9.33. The average Bonchev–Trinajstić information content (AvgIpc) is 1.90. The maximum absolute atomic E-state index is 6.62. The average molecular weight is 1080 g/mol. The van der Waals surface area contributed by atoms with E-state index in [0.29, 0.717) is 0 Å². The maximum Gasteiger partial charge on any atom is 0.252 e. The first-order valence-corrected chi connectivity index (χ1v) is 29.7. The summed E-state index contributed by atoms with van der Waals surface area (Å²) in [6, 6.07) is 66.9. The van der Waals surface area contributed by atoms with Crippen molar-refractivity contribution >= 4 is 102 Å². The number of aryl methyl sites for hydroxylation is 2. The van der Waals surface area contributed by atoms with Crippen LogP contribution in [0.1, 0.15) is 122 Å². The van der Waals surface area contributed by atoms with Crippen LogP contribution in [0.25, 0.3) is 61.7 Å². The van der Waals surface area contributed by atoms with Crippen molar-refractivity contribution in [1.82, 2.24) is 4.57 Å². The van der Waals surface area contributed by atoms with E-state index in [1.807, 2.05) is 24.3 Å². The summed E-state index contributed by atoms with van der Waals surface area (Å²) >= 11 is 0. The van der Waals surface area contributed by atoms with Crippen molar-refractivity contribution in [3.05, 3.63) is 238 Å². The Labute approximate surface area is 491 Å². The maximum atomic E-state index is 6.62. The minimum atomic E-state index is -0.224. The van der Waals surface area contributed by atoms with Crippen LogP contribution >= 0.6 is 0 Å². The molecule has 83 heavy (non-hydrogen) atoms. The first-order chi connectivity index (χ1) is 39.4. The Bertz CT molecular complexity index is 4580. The van der Waals surface area contributed by atoms with E-state index in [4.69, 9.17) is 4.42 Å². The van der Waals surface area contributed by atoms with Crippen molar-refractivity contribution in [2.75, 3.05) is 9.80 Å². The van der Waals surface area contributed by atoms with Crippen LogP contribution in [0.3, 0.4) is 0 Å². The van der Waals surface area contributed by atoms with Gasteiger partial charge in [0.05, 0.1) is 22.4 Å². The second-order valence-electron chi connectivity index (χ2n) is 27.7. The van der Waals surface area contributed by atoms with Gasteiger partial charge in [-0.05, 0) is 169 Å². The lowest BCUT2D eigenvalue weighted by Crippen LogP contribution is -2.61. The molecule has 0 saturated carbocycles. The van der Waals surface area contributed by atoms with E-state index in [2.05, 4.69) is 282 Å². The highest BCUT2D eigenvalue weighted by molar-refractivity contribution is 7.00. The topological polar surface area (TPSA) is 24.6 Å². The highest BCUT2D eigenvalue weighted by atomic mass is 16.3. The number of rotatable bonds is 6. The molecule has 0 amide bonds. The largest absolute Gasteiger partial charge is 0.455 e. The molecule has 0 radical (unpaired) electrons. The number of fused-ring (bicyclic) bond motifs is 8. The molecule has 2 aromatic heterocycles. The van der Waals surface area contributed by atoms with Crippen LogP contribution < -0.4 is 36.8 Å². The highest BCUT2D eigenvalue weighted by Crippen LogP contribution is 2.51. The van der Waals surface area contributed by atoms with Crippen LogP contribution in [0.5, 0.6) is 0 Å². The van der Waals surface area contributed by atoms with E-state index in [1.165, 1.54) is 100 Å². The number of hydrogen-bond acceptors (Lipinski definition) is 3. The van der Waals surface area contributed by atoms with E-state index < -0.39 is 0 Å². The van der Waals surface area contributed by atoms with Crippen LogP contribution in [-0.2, 0) is 21.7 Å². The first-order valence-electron chi connectivity index (χ1n) is 29.7. The van der Waals surface area contributed by atoms with Crippen LogP contribution in [0.15, 0.2) is 193 Å². The Morgan fingerprint density at radius 2 is 1.02 bits per heavy atom. The predicted molar refractivity (Wildman–Crippen MR) is 358 cm³/mol. The quantitative estimate of drug-likeness (QED) is 0.155. The molecule has 0 bridgehead atoms. The fraction of sp³-hybridized carbons (Fsp3) is 0.231. The Hall–Kier alpha value is -8.54. The minimum absolute atomic E-state index is 0.0176. The van der Waals surface area contributed by atoms with Gasteiger partial charge in [-0.1, -0.05) is 205 Å². The summed E-state index contributed by atoms with van der Waals surface area (Å²) in [6.07, 6.45) is 1.93. The summed E-state index contributed by atoms with van der Waals surface area (Å²) in [5.74, 6) is 0. The molecule has 0 N–H and O–H groups in total. The molecular weight excluding hydrogens is 1010 g/mol. The van der Waals surface area contributed by atoms with E-state index >= 15 is 0 Å². The number of benzene rings is 9. The number of allylic oxidation sites excluding steroid dienone is 1. The van der Waals surface area contributed by atoms with Crippen LogP contribution in [0.4, 0.5) is 34.1 Å². The van der Waals surface area contributed by atoms with Gasteiger partial charge in [0.1, 0.15) is 11.0 Å². The van der Waals surface area contributed by atoms with E-state index in [-0.39, 0.29) is 28.4 Å². The molecule has 412 valence electrons. The molecule has 4 nitrogen and oxygen atoms in total. The molecule has 13 rings (SSSR count). The minimum Gasteiger partial charge on any atom is -0.455 e. The molecular formula is C78H76BN3O. The molecule has 0 fully saturated rings. The fourth-order valence-electron chi connectivity index (χ4n) is 13.4. The third kappa shape index (κ3) is 8.72. The molecule has 0 spiro atoms. The predicted octanol–water partition coefficient (Wildman–Crippen LogP) is 17.9. The molecule has 2 aliphatic rings. The van der Waals surface area contributed by atoms with Crippen molar-refractivity contribution in [1.29, 1.82) is 0 Å². The molecule has 4 heterocycles. The summed E-state index contributed by atoms with van der Waals surface area (Å²) in [5.41, 5.74) is 27.5. The summed E-state index contributed by atoms with van der Waals surface area (Å²) in [7, 11) is 0. The Balaban J connectivity index is 1.17. The van der Waals surface area contributed by atoms with Crippen molar-refractivity contribution in [2.45, 2.75) is 119 Å². The van der Waals surface area contributed by atoms with Gasteiger partial charge in [0.2, 0.25) is 0 Å². The second-order valence-corrected chi connectivity index (χ2v) is 27.7. The molecule has 0 unspecified atom stereocenters. The first kappa shape index (κ1) is 53.8. The van der Waals surface area contributed by atoms with Gasteiger partial charge < -0.3 is 18.8 Å². The standard InChI is InChI=1S/C78H76BN3O/c1-17-57(74-49(4)58-27-22-24-30-71(58)83-74)51-39-47(2)73(48(3)40-51)82-68-46-66-61(59-28-21-23-29-64(59)80(66)56-25-19-18-20-26-56)45-63(68)79-62-37-35-54(77(11,12)13)42-67(62)81(69-43-55(78(14,15)16)44-70(82)72(69)79)65-38-36-53(76(8,9)10)41-60(65)50-31-33-52(34-32-50)75(5,6)7/h17-46H,1,4H2,2-3,5-16H3/b74-57-. The molecule has 9 aromatic carbocycles. The Morgan fingerprint density at radius 3 is 1.66 bits per heavy atom. The summed E-state index contributed by atoms with van der Waals surface area (Å²) < 4.78 is 9.09. The summed E-state index contributed by atoms with van der Waals surface area (Å²) in [6.45, 7) is 41.4. The van der Waals surface area contributed by atoms with Gasteiger partial charge in [0.15, 0.2) is 0 Å². The SMILES string of the molecule is C=C/C(c1cc(C)c(N2c3cc4c(cc3B3c5ccc(C(C)(C)C)cc5N(c5ccc(C(C)(C)C)cc5-c5ccc(C(C)(C)C)cc5)c5cc(C(C)(C)C)cc2c53)c2ccccc2n4-c2ccccc2)c(C)c1)=c1/oc2ccccc2c1=C. The fourth-order valence-corrected chi connectivity index (χ4v) is 13.4. The summed E-state index contributed by atoms with van der Waals surface area (Å²) in [5, 5.41) is 4.34. The van der Waals surface area contributed by atoms with Crippen molar-refractivity contribution < 1.29 is 4.42 Å². The van der Waals surface area contributed by atoms with Gasteiger partial charge >= 0.3 is 0 Å². The zero-order valence-corrected chi connectivity index (χ0v) is 51.1. The van der Waals surface area contributed by atoms with Crippen LogP contribution in [-0.4, -0.2) is 11.3 Å². The molecule has 5 heteroatoms. The number of hydrogen-bond donors (Lipinski definition) is 0. The molecule has 2 aliphatic heterocycles. The normalized spacial score (nSPS) is 13.9. The molecule has 0 aliphatic carbocycles. The van der Waals surface area contributed by atoms with Gasteiger partial charge in [-0.15, -0.1) is 0 Å². The third-order valence-corrected chi connectivity index (χ3v) is 17.9. The van der Waals surface area contributed by atoms with E-state index in [0.717, 1.165) is 55.2 Å². The Kier molecular flexibility index (Phi) is 12.3. The highest BCUT2D eigenvalue weighted by Gasteiger charge is 2.46. The molecule has 0 saturated heterocycles. The van der Waals surface area contributed by atoms with Crippen LogP contribution in [0, 0.1) is 13.8 Å². The van der Waals surface area contributed by atoms with Crippen molar-refractivity contribution in [3.8, 4) is 16.8 Å². The Morgan fingerprint density at radius 1 is 0.470 bits per heavy atom. The monoisotopic (exact) mass is 1080 g/mol. The van der Waals surface area contributed by atoms with Crippen molar-refractivity contribution in [3.63, 3.8) is 0 Å². The van der Waals surface area contributed by atoms with Crippen molar-refractivity contribution in [2.24, 2.45) is 0 Å².